The fourth-order valence-corrected chi connectivity index (χ4v) is 2.89. The number of aliphatic carboxylic acids is 1. The van der Waals surface area contributed by atoms with Gasteiger partial charge in [-0.2, -0.15) is 0 Å². The number of nitrogens with two attached hydrogens (primary N) is 4. The fraction of sp³-hybridized carbons (Fsp3) is 0.526. The molecule has 0 radical (unpaired) electrons. The molecular formula is C19H32N10O7. The zero-order chi connectivity index (χ0) is 27.3. The third-order valence-corrected chi connectivity index (χ3v) is 4.75. The van der Waals surface area contributed by atoms with E-state index in [1.54, 1.807) is 0 Å². The highest BCUT2D eigenvalue weighted by Gasteiger charge is 2.31. The summed E-state index contributed by atoms with van der Waals surface area (Å²) < 4.78 is 0. The molecule has 0 aromatic carbocycles. The third kappa shape index (κ3) is 10.8. The van der Waals surface area contributed by atoms with Gasteiger partial charge in [-0.05, 0) is 12.8 Å². The number of carboxylic acids is 1. The van der Waals surface area contributed by atoms with Crippen LogP contribution in [0.1, 0.15) is 25.0 Å². The summed E-state index contributed by atoms with van der Waals surface area (Å²) in [6, 6.07) is -5.58. The number of imidazole rings is 1. The van der Waals surface area contributed by atoms with Gasteiger partial charge in [-0.15, -0.1) is 0 Å². The second-order valence-electron chi connectivity index (χ2n) is 7.71. The van der Waals surface area contributed by atoms with Crippen LogP contribution in [0.2, 0.25) is 0 Å². The lowest BCUT2D eigenvalue weighted by Gasteiger charge is -2.23. The Kier molecular flexibility index (Phi) is 12.3. The Bertz CT molecular complexity index is 933. The van der Waals surface area contributed by atoms with E-state index in [0.29, 0.717) is 12.1 Å². The van der Waals surface area contributed by atoms with E-state index < -0.39 is 66.8 Å². The molecule has 1 aromatic heterocycles. The van der Waals surface area contributed by atoms with Gasteiger partial charge in [0.25, 0.3) is 0 Å². The van der Waals surface area contributed by atoms with E-state index in [9.17, 15) is 34.2 Å². The minimum absolute atomic E-state index is 0.115. The molecule has 36 heavy (non-hydrogen) atoms. The monoisotopic (exact) mass is 512 g/mol. The molecule has 4 amide bonds. The lowest BCUT2D eigenvalue weighted by Crippen LogP contribution is -2.58. The zero-order valence-electron chi connectivity index (χ0n) is 19.3. The van der Waals surface area contributed by atoms with Crippen LogP contribution in [0.15, 0.2) is 17.5 Å². The molecule has 200 valence electrons. The summed E-state index contributed by atoms with van der Waals surface area (Å²) in [5.74, 6) is -5.28. The number of aliphatic hydroxyl groups excluding tert-OH is 1. The van der Waals surface area contributed by atoms with Crippen molar-refractivity contribution in [3.63, 3.8) is 0 Å². The number of primary amides is 1. The van der Waals surface area contributed by atoms with Crippen molar-refractivity contribution in [1.82, 2.24) is 25.9 Å². The number of nitrogens with one attached hydrogen (secondary N) is 4. The Hall–Kier alpha value is -4.25. The molecule has 0 aliphatic rings. The molecule has 1 rings (SSSR count). The molecule has 4 unspecified atom stereocenters. The van der Waals surface area contributed by atoms with Gasteiger partial charge in [0.05, 0.1) is 25.4 Å². The second-order valence-corrected chi connectivity index (χ2v) is 7.71. The van der Waals surface area contributed by atoms with Crippen molar-refractivity contribution >= 4 is 35.6 Å². The first-order valence-corrected chi connectivity index (χ1v) is 10.8. The Morgan fingerprint density at radius 1 is 1.00 bits per heavy atom. The van der Waals surface area contributed by atoms with Gasteiger partial charge in [-0.3, -0.25) is 24.2 Å². The molecule has 0 fully saturated rings. The quantitative estimate of drug-likeness (QED) is 0.0566. The number of guanidine groups is 1. The smallest absolute Gasteiger partial charge is 0.326 e. The number of carboxylic acid groups (broad SMARTS) is 1. The van der Waals surface area contributed by atoms with Crippen LogP contribution in [-0.4, -0.2) is 93.1 Å². The molecular weight excluding hydrogens is 480 g/mol. The van der Waals surface area contributed by atoms with E-state index in [-0.39, 0.29) is 25.3 Å². The van der Waals surface area contributed by atoms with Crippen LogP contribution in [0, 0.1) is 0 Å². The summed E-state index contributed by atoms with van der Waals surface area (Å²) in [7, 11) is 0. The van der Waals surface area contributed by atoms with Crippen molar-refractivity contribution in [3.05, 3.63) is 18.2 Å². The number of H-pyrrole nitrogens is 1. The number of aromatic amines is 1. The summed E-state index contributed by atoms with van der Waals surface area (Å²) >= 11 is 0. The van der Waals surface area contributed by atoms with Crippen LogP contribution in [0.25, 0.3) is 0 Å². The standard InChI is InChI=1S/C19H32N10O7/c20-10(2-1-3-25-19(22)23)15(32)29-13(7-30)17(34)27-11(5-14(21)31)16(33)28-12(18(35)36)4-9-6-24-8-26-9/h6,8,10-13,30H,1-5,7,20H2,(H2,21,31)(H,24,26)(H,27,34)(H,28,33)(H,29,32)(H,35,36)(H4,22,23,25). The number of hydrogen-bond acceptors (Lipinski definition) is 9. The van der Waals surface area contributed by atoms with Crippen LogP contribution in [0.3, 0.4) is 0 Å². The number of carbonyl (C=O) groups is 5. The number of nitrogens with zero attached hydrogens (tertiary/aromatic N) is 2. The van der Waals surface area contributed by atoms with Crippen molar-refractivity contribution in [2.75, 3.05) is 13.2 Å². The molecule has 0 aliphatic carbocycles. The summed E-state index contributed by atoms with van der Waals surface area (Å²) in [4.78, 5) is 70.8. The Balaban J connectivity index is 2.79. The highest BCUT2D eigenvalue weighted by molar-refractivity contribution is 5.96. The molecule has 0 bridgehead atoms. The summed E-state index contributed by atoms with van der Waals surface area (Å²) in [6.45, 7) is -0.629. The van der Waals surface area contributed by atoms with Crippen LogP contribution < -0.4 is 38.9 Å². The molecule has 1 aromatic rings. The van der Waals surface area contributed by atoms with Crippen molar-refractivity contribution in [3.8, 4) is 0 Å². The van der Waals surface area contributed by atoms with Gasteiger partial charge in [0.15, 0.2) is 5.96 Å². The van der Waals surface area contributed by atoms with Crippen molar-refractivity contribution in [2.45, 2.75) is 49.9 Å². The minimum Gasteiger partial charge on any atom is -0.480 e. The second kappa shape index (κ2) is 14.9. The van der Waals surface area contributed by atoms with E-state index in [1.165, 1.54) is 12.5 Å². The zero-order valence-corrected chi connectivity index (χ0v) is 19.3. The topological polar surface area (TPSA) is 307 Å². The van der Waals surface area contributed by atoms with E-state index in [2.05, 4.69) is 30.9 Å². The van der Waals surface area contributed by atoms with Crippen molar-refractivity contribution in [2.24, 2.45) is 27.9 Å². The predicted octanol–water partition coefficient (Wildman–Crippen LogP) is -5.26. The van der Waals surface area contributed by atoms with Gasteiger partial charge in [0, 0.05) is 24.9 Å². The van der Waals surface area contributed by atoms with Crippen LogP contribution >= 0.6 is 0 Å². The summed E-state index contributed by atoms with van der Waals surface area (Å²) in [6.07, 6.45) is 2.39. The predicted molar refractivity (Wildman–Crippen MR) is 125 cm³/mol. The van der Waals surface area contributed by atoms with Gasteiger partial charge >= 0.3 is 5.97 Å². The lowest BCUT2D eigenvalue weighted by atomic mass is 10.1. The largest absolute Gasteiger partial charge is 0.480 e. The maximum atomic E-state index is 12.7. The summed E-state index contributed by atoms with van der Waals surface area (Å²) in [5, 5.41) is 25.6. The van der Waals surface area contributed by atoms with E-state index in [4.69, 9.17) is 22.9 Å². The van der Waals surface area contributed by atoms with Gasteiger partial charge in [-0.1, -0.05) is 0 Å². The highest BCUT2D eigenvalue weighted by atomic mass is 16.4. The Morgan fingerprint density at radius 2 is 1.61 bits per heavy atom. The van der Waals surface area contributed by atoms with Crippen molar-refractivity contribution < 1.29 is 34.2 Å². The molecule has 17 heteroatoms. The minimum atomic E-state index is -1.59. The molecule has 0 saturated carbocycles. The first kappa shape index (κ1) is 29.8. The van der Waals surface area contributed by atoms with E-state index in [0.717, 1.165) is 0 Å². The lowest BCUT2D eigenvalue weighted by molar-refractivity contribution is -0.142. The fourth-order valence-electron chi connectivity index (χ4n) is 2.89. The molecule has 1 heterocycles. The van der Waals surface area contributed by atoms with Crippen LogP contribution in [0.4, 0.5) is 0 Å². The molecule has 0 aliphatic heterocycles. The average Bonchev–Trinajstić information content (AvgIpc) is 3.31. The molecule has 0 spiro atoms. The van der Waals surface area contributed by atoms with Crippen LogP contribution in [0.5, 0.6) is 0 Å². The average molecular weight is 513 g/mol. The maximum Gasteiger partial charge on any atom is 0.326 e. The number of rotatable bonds is 16. The van der Waals surface area contributed by atoms with E-state index in [1.807, 2.05) is 0 Å². The molecule has 0 saturated heterocycles. The normalized spacial score (nSPS) is 13.9. The van der Waals surface area contributed by atoms with Gasteiger partial charge in [0.2, 0.25) is 23.6 Å². The Labute approximate surface area is 205 Å². The number of aliphatic imine (C=N–C) groups is 1. The van der Waals surface area contributed by atoms with Crippen molar-refractivity contribution in [1.29, 1.82) is 0 Å². The number of amides is 4. The first-order chi connectivity index (χ1) is 16.9. The summed E-state index contributed by atoms with van der Waals surface area (Å²) in [5.41, 5.74) is 21.7. The third-order valence-electron chi connectivity index (χ3n) is 4.75. The Morgan fingerprint density at radius 3 is 2.14 bits per heavy atom. The van der Waals surface area contributed by atoms with Gasteiger partial charge in [-0.25, -0.2) is 9.78 Å². The maximum absolute atomic E-state index is 12.7. The SMILES string of the molecule is NC(=O)CC(NC(=O)C(CO)NC(=O)C(N)CCCN=C(N)N)C(=O)NC(Cc1cnc[nH]1)C(=O)O. The number of aliphatic hydroxyl groups is 1. The van der Waals surface area contributed by atoms with Gasteiger partial charge < -0.3 is 54.1 Å². The first-order valence-electron chi connectivity index (χ1n) is 10.8. The number of carbonyl (C=O) groups excluding carboxylic acids is 4. The number of hydrogen-bond donors (Lipinski definition) is 10. The molecule has 17 nitrogen and oxygen atoms in total. The van der Waals surface area contributed by atoms with E-state index >= 15 is 0 Å². The van der Waals surface area contributed by atoms with Crippen LogP contribution in [-0.2, 0) is 30.4 Å². The highest BCUT2D eigenvalue weighted by Crippen LogP contribution is 2.02. The van der Waals surface area contributed by atoms with Gasteiger partial charge in [0.1, 0.15) is 18.1 Å². The molecule has 14 N–H and O–H groups in total. The molecule has 4 atom stereocenters. The number of aromatic nitrogens is 2.